The van der Waals surface area contributed by atoms with Crippen molar-refractivity contribution >= 4 is 18.1 Å². The fraction of sp³-hybridized carbons (Fsp3) is 0.467. The standard InChI is InChI=1S/C15H21N3O3/c1-12-3-5-13(6-4-12)17-8-9-18(14(20)21)15(11-17,16-2)7-10-19/h3-6,10,16H,7-9,11H2,1-2H3,(H,20,21). The van der Waals surface area contributed by atoms with Gasteiger partial charge in [-0.05, 0) is 26.1 Å². The third-order valence-corrected chi connectivity index (χ3v) is 4.08. The number of aryl methyl sites for hydroxylation is 1. The van der Waals surface area contributed by atoms with Gasteiger partial charge in [-0.3, -0.25) is 10.2 Å². The summed E-state index contributed by atoms with van der Waals surface area (Å²) in [6.07, 6.45) is -0.113. The number of amides is 1. The first-order valence-electron chi connectivity index (χ1n) is 6.97. The first kappa shape index (κ1) is 15.3. The van der Waals surface area contributed by atoms with Gasteiger partial charge in [-0.25, -0.2) is 4.79 Å². The molecule has 1 saturated heterocycles. The zero-order valence-corrected chi connectivity index (χ0v) is 12.4. The van der Waals surface area contributed by atoms with Crippen LogP contribution in [0.2, 0.25) is 0 Å². The molecule has 114 valence electrons. The molecule has 0 aliphatic carbocycles. The monoisotopic (exact) mass is 291 g/mol. The predicted molar refractivity (Wildman–Crippen MR) is 80.6 cm³/mol. The van der Waals surface area contributed by atoms with Gasteiger partial charge in [-0.1, -0.05) is 17.7 Å². The van der Waals surface area contributed by atoms with Gasteiger partial charge in [0.2, 0.25) is 0 Å². The van der Waals surface area contributed by atoms with Gasteiger partial charge in [-0.2, -0.15) is 0 Å². The number of hydrogen-bond acceptors (Lipinski definition) is 4. The fourth-order valence-electron chi connectivity index (χ4n) is 2.80. The molecule has 2 rings (SSSR count). The summed E-state index contributed by atoms with van der Waals surface area (Å²) in [6, 6.07) is 8.10. The van der Waals surface area contributed by atoms with E-state index in [9.17, 15) is 14.7 Å². The Hall–Kier alpha value is -2.08. The zero-order valence-electron chi connectivity index (χ0n) is 12.4. The molecule has 0 bridgehead atoms. The number of hydrogen-bond donors (Lipinski definition) is 2. The van der Waals surface area contributed by atoms with E-state index >= 15 is 0 Å². The van der Waals surface area contributed by atoms with Crippen LogP contribution in [0.5, 0.6) is 0 Å². The molecule has 6 heteroatoms. The second-order valence-corrected chi connectivity index (χ2v) is 5.34. The largest absolute Gasteiger partial charge is 0.465 e. The Kier molecular flexibility index (Phi) is 4.47. The Morgan fingerprint density at radius 1 is 1.38 bits per heavy atom. The van der Waals surface area contributed by atoms with Gasteiger partial charge in [0.1, 0.15) is 11.9 Å². The maximum absolute atomic E-state index is 11.4. The smallest absolute Gasteiger partial charge is 0.408 e. The van der Waals surface area contributed by atoms with Crippen LogP contribution < -0.4 is 10.2 Å². The summed E-state index contributed by atoms with van der Waals surface area (Å²) in [6.45, 7) is 3.43. The highest BCUT2D eigenvalue weighted by molar-refractivity contribution is 5.68. The van der Waals surface area contributed by atoms with E-state index in [2.05, 4.69) is 10.2 Å². The molecule has 1 amide bonds. The average Bonchev–Trinajstić information content (AvgIpc) is 2.48. The van der Waals surface area contributed by atoms with E-state index in [1.54, 1.807) is 7.05 Å². The normalized spacial score (nSPS) is 22.2. The van der Waals surface area contributed by atoms with Crippen LogP contribution in [-0.2, 0) is 4.79 Å². The Bertz CT molecular complexity index is 517. The summed E-state index contributed by atoms with van der Waals surface area (Å²) < 4.78 is 0. The van der Waals surface area contributed by atoms with Crippen molar-refractivity contribution in [2.75, 3.05) is 31.6 Å². The van der Waals surface area contributed by atoms with Gasteiger partial charge in [0.15, 0.2) is 0 Å². The van der Waals surface area contributed by atoms with Gasteiger partial charge in [0.25, 0.3) is 0 Å². The van der Waals surface area contributed by atoms with Crippen LogP contribution in [0.4, 0.5) is 10.5 Å². The highest BCUT2D eigenvalue weighted by Crippen LogP contribution is 2.26. The van der Waals surface area contributed by atoms with Crippen molar-refractivity contribution in [1.29, 1.82) is 0 Å². The van der Waals surface area contributed by atoms with Crippen molar-refractivity contribution in [1.82, 2.24) is 10.2 Å². The molecule has 0 saturated carbocycles. The molecule has 1 aromatic rings. The van der Waals surface area contributed by atoms with Gasteiger partial charge >= 0.3 is 6.09 Å². The van der Waals surface area contributed by atoms with Crippen LogP contribution in [0, 0.1) is 6.92 Å². The second kappa shape index (κ2) is 6.13. The van der Waals surface area contributed by atoms with Crippen molar-refractivity contribution in [2.45, 2.75) is 19.0 Å². The number of nitrogens with one attached hydrogen (secondary N) is 1. The molecule has 0 spiro atoms. The lowest BCUT2D eigenvalue weighted by Crippen LogP contribution is -2.69. The fourth-order valence-corrected chi connectivity index (χ4v) is 2.80. The average molecular weight is 291 g/mol. The van der Waals surface area contributed by atoms with E-state index < -0.39 is 11.8 Å². The number of carbonyl (C=O) groups is 2. The molecule has 0 aromatic heterocycles. The molecule has 1 aliphatic heterocycles. The van der Waals surface area contributed by atoms with E-state index in [4.69, 9.17) is 0 Å². The summed E-state index contributed by atoms with van der Waals surface area (Å²) in [7, 11) is 1.69. The number of benzene rings is 1. The lowest BCUT2D eigenvalue weighted by atomic mass is 10.0. The molecule has 21 heavy (non-hydrogen) atoms. The molecule has 0 radical (unpaired) electrons. The minimum atomic E-state index is -1.00. The molecule has 6 nitrogen and oxygen atoms in total. The Morgan fingerprint density at radius 2 is 2.05 bits per heavy atom. The SMILES string of the molecule is CNC1(CC=O)CN(c2ccc(C)cc2)CCN1C(=O)O. The number of likely N-dealkylation sites (N-methyl/N-ethyl adjacent to an activating group) is 1. The number of aldehydes is 1. The van der Waals surface area contributed by atoms with Crippen LogP contribution in [0.15, 0.2) is 24.3 Å². The number of carboxylic acid groups (broad SMARTS) is 1. The number of carbonyl (C=O) groups excluding carboxylic acids is 1. The number of piperazine rings is 1. The Balaban J connectivity index is 2.28. The predicted octanol–water partition coefficient (Wildman–Crippen LogP) is 1.30. The maximum Gasteiger partial charge on any atom is 0.408 e. The number of anilines is 1. The van der Waals surface area contributed by atoms with E-state index in [0.717, 1.165) is 12.0 Å². The Morgan fingerprint density at radius 3 is 2.57 bits per heavy atom. The molecule has 1 atom stereocenters. The minimum absolute atomic E-state index is 0.123. The summed E-state index contributed by atoms with van der Waals surface area (Å²) >= 11 is 0. The van der Waals surface area contributed by atoms with Crippen LogP contribution in [0.3, 0.4) is 0 Å². The molecular weight excluding hydrogens is 270 g/mol. The van der Waals surface area contributed by atoms with E-state index in [1.165, 1.54) is 10.5 Å². The molecule has 1 aliphatic rings. The van der Waals surface area contributed by atoms with Gasteiger partial charge in [-0.15, -0.1) is 0 Å². The summed E-state index contributed by atoms with van der Waals surface area (Å²) in [5.41, 5.74) is 1.34. The van der Waals surface area contributed by atoms with Crippen molar-refractivity contribution in [3.63, 3.8) is 0 Å². The summed E-state index contributed by atoms with van der Waals surface area (Å²) in [5.74, 6) is 0. The lowest BCUT2D eigenvalue weighted by Gasteiger charge is -2.49. The quantitative estimate of drug-likeness (QED) is 0.818. The van der Waals surface area contributed by atoms with Crippen molar-refractivity contribution in [3.8, 4) is 0 Å². The number of nitrogens with zero attached hydrogens (tertiary/aromatic N) is 2. The highest BCUT2D eigenvalue weighted by atomic mass is 16.4. The summed E-state index contributed by atoms with van der Waals surface area (Å²) in [5, 5.41) is 12.4. The summed E-state index contributed by atoms with van der Waals surface area (Å²) in [4.78, 5) is 25.9. The van der Waals surface area contributed by atoms with Gasteiger partial charge < -0.3 is 14.8 Å². The molecule has 1 fully saturated rings. The molecule has 1 unspecified atom stereocenters. The van der Waals surface area contributed by atoms with Gasteiger partial charge in [0, 0.05) is 25.2 Å². The van der Waals surface area contributed by atoms with Crippen molar-refractivity contribution in [3.05, 3.63) is 29.8 Å². The van der Waals surface area contributed by atoms with E-state index in [1.807, 2.05) is 31.2 Å². The first-order valence-corrected chi connectivity index (χ1v) is 6.97. The third kappa shape index (κ3) is 3.00. The Labute approximate surface area is 124 Å². The van der Waals surface area contributed by atoms with Crippen LogP contribution in [-0.4, -0.2) is 54.7 Å². The second-order valence-electron chi connectivity index (χ2n) is 5.34. The van der Waals surface area contributed by atoms with Crippen molar-refractivity contribution in [2.24, 2.45) is 0 Å². The molecule has 1 heterocycles. The zero-order chi connectivity index (χ0) is 15.5. The first-order chi connectivity index (χ1) is 10.0. The van der Waals surface area contributed by atoms with Crippen molar-refractivity contribution < 1.29 is 14.7 Å². The van der Waals surface area contributed by atoms with Crippen LogP contribution in [0.1, 0.15) is 12.0 Å². The van der Waals surface area contributed by atoms with Crippen LogP contribution in [0.25, 0.3) is 0 Å². The number of rotatable bonds is 4. The molecule has 2 N–H and O–H groups in total. The lowest BCUT2D eigenvalue weighted by molar-refractivity contribution is -0.110. The highest BCUT2D eigenvalue weighted by Gasteiger charge is 2.43. The van der Waals surface area contributed by atoms with Crippen LogP contribution >= 0.6 is 0 Å². The maximum atomic E-state index is 11.4. The van der Waals surface area contributed by atoms with Gasteiger partial charge in [0.05, 0.1) is 6.54 Å². The molecule has 1 aromatic carbocycles. The molecular formula is C15H21N3O3. The third-order valence-electron chi connectivity index (χ3n) is 4.08. The van der Waals surface area contributed by atoms with E-state index in [0.29, 0.717) is 19.6 Å². The van der Waals surface area contributed by atoms with E-state index in [-0.39, 0.29) is 6.42 Å². The topological polar surface area (TPSA) is 72.9 Å². The minimum Gasteiger partial charge on any atom is -0.465 e.